The Kier molecular flexibility index (Phi) is 4.60. The fourth-order valence-electron chi connectivity index (χ4n) is 2.66. The standard InChI is InChI=1S/C13H28N2/c1-13(2,3)11-7-6-8-12(10-9-11)14-15(4)5/h11-12,14H,6-10H2,1-5H3. The maximum absolute atomic E-state index is 3.53. The van der Waals surface area contributed by atoms with Crippen LogP contribution in [0.15, 0.2) is 0 Å². The van der Waals surface area contributed by atoms with E-state index >= 15 is 0 Å². The first-order chi connectivity index (χ1) is 6.89. The summed E-state index contributed by atoms with van der Waals surface area (Å²) in [5.41, 5.74) is 4.02. The molecule has 0 heterocycles. The molecule has 0 amide bonds. The van der Waals surface area contributed by atoms with Crippen LogP contribution in [0.25, 0.3) is 0 Å². The molecule has 0 bridgehead atoms. The highest BCUT2D eigenvalue weighted by atomic mass is 15.5. The van der Waals surface area contributed by atoms with E-state index in [-0.39, 0.29) is 0 Å². The van der Waals surface area contributed by atoms with E-state index in [4.69, 9.17) is 0 Å². The number of hydrazine groups is 1. The molecule has 0 aromatic carbocycles. The first-order valence-corrected chi connectivity index (χ1v) is 6.33. The molecule has 0 aromatic heterocycles. The van der Waals surface area contributed by atoms with Gasteiger partial charge in [0.05, 0.1) is 0 Å². The van der Waals surface area contributed by atoms with Gasteiger partial charge in [-0.1, -0.05) is 27.2 Å². The van der Waals surface area contributed by atoms with E-state index in [9.17, 15) is 0 Å². The summed E-state index contributed by atoms with van der Waals surface area (Å²) in [6.07, 6.45) is 6.85. The molecule has 1 aliphatic carbocycles. The van der Waals surface area contributed by atoms with E-state index in [1.54, 1.807) is 0 Å². The van der Waals surface area contributed by atoms with Crippen LogP contribution in [0.4, 0.5) is 0 Å². The minimum atomic E-state index is 0.493. The van der Waals surface area contributed by atoms with Crippen LogP contribution >= 0.6 is 0 Å². The van der Waals surface area contributed by atoms with Crippen LogP contribution in [0.3, 0.4) is 0 Å². The van der Waals surface area contributed by atoms with Crippen molar-refractivity contribution in [2.75, 3.05) is 14.1 Å². The lowest BCUT2D eigenvalue weighted by atomic mass is 9.76. The summed E-state index contributed by atoms with van der Waals surface area (Å²) < 4.78 is 0. The topological polar surface area (TPSA) is 15.3 Å². The smallest absolute Gasteiger partial charge is 0.0215 e. The number of nitrogens with zero attached hydrogens (tertiary/aromatic N) is 1. The molecule has 2 heteroatoms. The normalized spacial score (nSPS) is 29.2. The zero-order valence-corrected chi connectivity index (χ0v) is 11.1. The molecule has 90 valence electrons. The summed E-state index contributed by atoms with van der Waals surface area (Å²) in [5.74, 6) is 0.909. The average Bonchev–Trinajstić information content (AvgIpc) is 2.27. The SMILES string of the molecule is CN(C)NC1CCCC(C(C)(C)C)CC1. The quantitative estimate of drug-likeness (QED) is 0.559. The minimum absolute atomic E-state index is 0.493. The van der Waals surface area contributed by atoms with Crippen molar-refractivity contribution < 1.29 is 0 Å². The van der Waals surface area contributed by atoms with Gasteiger partial charge in [-0.2, -0.15) is 0 Å². The molecule has 0 spiro atoms. The molecule has 2 atom stereocenters. The van der Waals surface area contributed by atoms with Crippen LogP contribution in [0.1, 0.15) is 52.9 Å². The molecule has 0 saturated heterocycles. The Bertz CT molecular complexity index is 181. The number of hydrogen-bond donors (Lipinski definition) is 1. The Balaban J connectivity index is 2.42. The second kappa shape index (κ2) is 5.31. The molecule has 0 aliphatic heterocycles. The second-order valence-electron chi connectivity index (χ2n) is 6.29. The van der Waals surface area contributed by atoms with Crippen molar-refractivity contribution in [3.05, 3.63) is 0 Å². The van der Waals surface area contributed by atoms with Crippen molar-refractivity contribution in [2.24, 2.45) is 11.3 Å². The molecule has 2 unspecified atom stereocenters. The Morgan fingerprint density at radius 1 is 1.00 bits per heavy atom. The molecule has 1 N–H and O–H groups in total. The van der Waals surface area contributed by atoms with Crippen molar-refractivity contribution in [1.82, 2.24) is 10.4 Å². The summed E-state index contributed by atoms with van der Waals surface area (Å²) >= 11 is 0. The first-order valence-electron chi connectivity index (χ1n) is 6.33. The van der Waals surface area contributed by atoms with E-state index in [2.05, 4.69) is 45.3 Å². The third-order valence-corrected chi connectivity index (χ3v) is 3.63. The van der Waals surface area contributed by atoms with Crippen LogP contribution < -0.4 is 5.43 Å². The van der Waals surface area contributed by atoms with Gasteiger partial charge in [0, 0.05) is 20.1 Å². The molecule has 15 heavy (non-hydrogen) atoms. The summed E-state index contributed by atoms with van der Waals surface area (Å²) in [6.45, 7) is 7.16. The van der Waals surface area contributed by atoms with Gasteiger partial charge in [-0.05, 0) is 37.0 Å². The lowest BCUT2D eigenvalue weighted by Gasteiger charge is -2.30. The lowest BCUT2D eigenvalue weighted by Crippen LogP contribution is -2.39. The van der Waals surface area contributed by atoms with Gasteiger partial charge in [-0.25, -0.2) is 0 Å². The van der Waals surface area contributed by atoms with Crippen molar-refractivity contribution >= 4 is 0 Å². The van der Waals surface area contributed by atoms with Crippen molar-refractivity contribution in [3.8, 4) is 0 Å². The van der Waals surface area contributed by atoms with Gasteiger partial charge in [0.2, 0.25) is 0 Å². The Labute approximate surface area is 95.4 Å². The van der Waals surface area contributed by atoms with Crippen LogP contribution in [0.5, 0.6) is 0 Å². The number of nitrogens with one attached hydrogen (secondary N) is 1. The maximum Gasteiger partial charge on any atom is 0.0215 e. The second-order valence-corrected chi connectivity index (χ2v) is 6.29. The van der Waals surface area contributed by atoms with Gasteiger partial charge in [0.15, 0.2) is 0 Å². The van der Waals surface area contributed by atoms with Gasteiger partial charge < -0.3 is 0 Å². The highest BCUT2D eigenvalue weighted by Gasteiger charge is 2.27. The van der Waals surface area contributed by atoms with E-state index in [1.165, 1.54) is 32.1 Å². The maximum atomic E-state index is 3.53. The van der Waals surface area contributed by atoms with Gasteiger partial charge in [0.25, 0.3) is 0 Å². The summed E-state index contributed by atoms with van der Waals surface area (Å²) in [6, 6.07) is 0.701. The average molecular weight is 212 g/mol. The summed E-state index contributed by atoms with van der Waals surface area (Å²) in [7, 11) is 4.18. The summed E-state index contributed by atoms with van der Waals surface area (Å²) in [5, 5.41) is 2.10. The largest absolute Gasteiger partial charge is 0.253 e. The summed E-state index contributed by atoms with van der Waals surface area (Å²) in [4.78, 5) is 0. The Hall–Kier alpha value is -0.0800. The van der Waals surface area contributed by atoms with Gasteiger partial charge >= 0.3 is 0 Å². The highest BCUT2D eigenvalue weighted by molar-refractivity contribution is 4.80. The van der Waals surface area contributed by atoms with Crippen LogP contribution in [0.2, 0.25) is 0 Å². The van der Waals surface area contributed by atoms with Crippen LogP contribution in [-0.2, 0) is 0 Å². The lowest BCUT2D eigenvalue weighted by molar-refractivity contribution is 0.202. The fraction of sp³-hybridized carbons (Fsp3) is 1.00. The molecular weight excluding hydrogens is 184 g/mol. The highest BCUT2D eigenvalue weighted by Crippen LogP contribution is 2.36. The monoisotopic (exact) mass is 212 g/mol. The number of rotatable bonds is 2. The molecular formula is C13H28N2. The van der Waals surface area contributed by atoms with Gasteiger partial charge in [-0.15, -0.1) is 0 Å². The van der Waals surface area contributed by atoms with Gasteiger partial charge in [-0.3, -0.25) is 10.4 Å². The molecule has 2 nitrogen and oxygen atoms in total. The molecule has 1 rings (SSSR count). The predicted octanol–water partition coefficient (Wildman–Crippen LogP) is 3.05. The van der Waals surface area contributed by atoms with Crippen molar-refractivity contribution in [1.29, 1.82) is 0 Å². The fourth-order valence-corrected chi connectivity index (χ4v) is 2.66. The Morgan fingerprint density at radius 2 is 1.67 bits per heavy atom. The molecule has 0 aromatic rings. The Morgan fingerprint density at radius 3 is 2.20 bits per heavy atom. The third-order valence-electron chi connectivity index (χ3n) is 3.63. The number of hydrogen-bond acceptors (Lipinski definition) is 2. The third kappa shape index (κ3) is 4.52. The molecule has 0 radical (unpaired) electrons. The zero-order valence-electron chi connectivity index (χ0n) is 11.1. The van der Waals surface area contributed by atoms with Crippen LogP contribution in [0, 0.1) is 11.3 Å². The zero-order chi connectivity index (χ0) is 11.5. The molecule has 1 fully saturated rings. The van der Waals surface area contributed by atoms with Crippen molar-refractivity contribution in [2.45, 2.75) is 58.9 Å². The molecule has 1 saturated carbocycles. The first kappa shape index (κ1) is 13.0. The van der Waals surface area contributed by atoms with E-state index in [0.717, 1.165) is 5.92 Å². The predicted molar refractivity (Wildman–Crippen MR) is 66.6 cm³/mol. The van der Waals surface area contributed by atoms with E-state index in [0.29, 0.717) is 11.5 Å². The van der Waals surface area contributed by atoms with Gasteiger partial charge in [0.1, 0.15) is 0 Å². The van der Waals surface area contributed by atoms with Crippen LogP contribution in [-0.4, -0.2) is 25.1 Å². The van der Waals surface area contributed by atoms with Crippen molar-refractivity contribution in [3.63, 3.8) is 0 Å². The van der Waals surface area contributed by atoms with E-state index < -0.39 is 0 Å². The van der Waals surface area contributed by atoms with E-state index in [1.807, 2.05) is 0 Å². The molecule has 1 aliphatic rings. The minimum Gasteiger partial charge on any atom is -0.253 e.